The van der Waals surface area contributed by atoms with E-state index in [1.165, 1.54) is 12.8 Å². The molecule has 0 saturated heterocycles. The van der Waals surface area contributed by atoms with E-state index in [9.17, 15) is 0 Å². The van der Waals surface area contributed by atoms with Crippen molar-refractivity contribution >= 4 is 17.2 Å². The van der Waals surface area contributed by atoms with E-state index < -0.39 is 0 Å². The summed E-state index contributed by atoms with van der Waals surface area (Å²) in [6.45, 7) is 3.89. The molecule has 3 rings (SSSR count). The van der Waals surface area contributed by atoms with Crippen LogP contribution < -0.4 is 5.73 Å². The Balaban J connectivity index is 2.13. The average molecular weight is 272 g/mol. The lowest BCUT2D eigenvalue weighted by atomic mass is 10.1. The van der Waals surface area contributed by atoms with Crippen molar-refractivity contribution in [3.8, 4) is 5.69 Å². The maximum atomic E-state index is 5.83. The first-order valence-electron chi connectivity index (χ1n) is 6.40. The van der Waals surface area contributed by atoms with Crippen LogP contribution in [0.15, 0.2) is 18.3 Å². The maximum Gasteiger partial charge on any atom is 0.108 e. The highest BCUT2D eigenvalue weighted by molar-refractivity contribution is 7.80. The third kappa shape index (κ3) is 2.26. The summed E-state index contributed by atoms with van der Waals surface area (Å²) in [5.74, 6) is 0.638. The molecule has 2 heterocycles. The number of aromatic nitrogens is 3. The smallest absolute Gasteiger partial charge is 0.108 e. The van der Waals surface area contributed by atoms with Gasteiger partial charge in [0.25, 0.3) is 0 Å². The van der Waals surface area contributed by atoms with E-state index in [0.29, 0.717) is 10.9 Å². The number of nitrogens with two attached hydrogens (primary N) is 1. The van der Waals surface area contributed by atoms with E-state index in [0.717, 1.165) is 28.3 Å². The lowest BCUT2D eigenvalue weighted by molar-refractivity contribution is 0.829. The largest absolute Gasteiger partial charge is 0.389 e. The van der Waals surface area contributed by atoms with Gasteiger partial charge in [-0.15, -0.1) is 0 Å². The molecule has 0 bridgehead atoms. The Kier molecular flexibility index (Phi) is 2.86. The molecule has 1 aliphatic rings. The zero-order valence-electron chi connectivity index (χ0n) is 11.1. The summed E-state index contributed by atoms with van der Waals surface area (Å²) in [6, 6.07) is 4.05. The third-order valence-electron chi connectivity index (χ3n) is 3.41. The lowest BCUT2D eigenvalue weighted by Crippen LogP contribution is -2.17. The van der Waals surface area contributed by atoms with Crippen LogP contribution in [0, 0.1) is 13.8 Å². The second-order valence-corrected chi connectivity index (χ2v) is 5.51. The molecule has 2 aromatic rings. The Morgan fingerprint density at radius 3 is 2.79 bits per heavy atom. The SMILES string of the molecule is Cc1cc(-n2ccc(C3CC3)n2)c(C(N)=S)c(C)n1. The highest BCUT2D eigenvalue weighted by atomic mass is 32.1. The molecule has 2 N–H and O–H groups in total. The van der Waals surface area contributed by atoms with Crippen molar-refractivity contribution in [1.29, 1.82) is 0 Å². The van der Waals surface area contributed by atoms with Gasteiger partial charge in [0.1, 0.15) is 4.99 Å². The van der Waals surface area contributed by atoms with Gasteiger partial charge in [-0.25, -0.2) is 4.68 Å². The fraction of sp³-hybridized carbons (Fsp3) is 0.357. The molecule has 0 spiro atoms. The second kappa shape index (κ2) is 4.42. The molecule has 0 atom stereocenters. The molecular weight excluding hydrogens is 256 g/mol. The summed E-state index contributed by atoms with van der Waals surface area (Å²) in [5, 5.41) is 4.64. The maximum absolute atomic E-state index is 5.83. The van der Waals surface area contributed by atoms with Gasteiger partial charge < -0.3 is 5.73 Å². The highest BCUT2D eigenvalue weighted by Gasteiger charge is 2.26. The molecule has 0 amide bonds. The van der Waals surface area contributed by atoms with E-state index in [1.54, 1.807) is 0 Å². The van der Waals surface area contributed by atoms with Gasteiger partial charge in [0.15, 0.2) is 0 Å². The normalized spacial score (nSPS) is 14.6. The van der Waals surface area contributed by atoms with Crippen molar-refractivity contribution in [3.05, 3.63) is 41.0 Å². The Bertz CT molecular complexity index is 655. The van der Waals surface area contributed by atoms with Gasteiger partial charge in [-0.05, 0) is 38.8 Å². The summed E-state index contributed by atoms with van der Waals surface area (Å²) in [5.41, 5.74) is 10.5. The molecule has 0 aliphatic heterocycles. The van der Waals surface area contributed by atoms with E-state index in [-0.39, 0.29) is 0 Å². The van der Waals surface area contributed by atoms with E-state index in [2.05, 4.69) is 16.1 Å². The van der Waals surface area contributed by atoms with Crippen molar-refractivity contribution in [2.75, 3.05) is 0 Å². The third-order valence-corrected chi connectivity index (χ3v) is 3.61. The van der Waals surface area contributed by atoms with Crippen LogP contribution in [0.3, 0.4) is 0 Å². The number of thiocarbonyl (C=S) groups is 1. The summed E-state index contributed by atoms with van der Waals surface area (Å²) in [7, 11) is 0. The fourth-order valence-corrected chi connectivity index (χ4v) is 2.61. The Hall–Kier alpha value is -1.75. The van der Waals surface area contributed by atoms with Gasteiger partial charge in [0, 0.05) is 23.5 Å². The molecule has 2 aromatic heterocycles. The molecule has 1 saturated carbocycles. The molecule has 5 heteroatoms. The Morgan fingerprint density at radius 1 is 1.42 bits per heavy atom. The van der Waals surface area contributed by atoms with Gasteiger partial charge in [-0.1, -0.05) is 12.2 Å². The number of aryl methyl sites for hydroxylation is 2. The summed E-state index contributed by atoms with van der Waals surface area (Å²) in [4.78, 5) is 4.79. The zero-order chi connectivity index (χ0) is 13.6. The predicted octanol–water partition coefficient (Wildman–Crippen LogP) is 2.40. The molecular formula is C14H16N4S. The summed E-state index contributed by atoms with van der Waals surface area (Å²) in [6.07, 6.45) is 4.46. The number of hydrogen-bond donors (Lipinski definition) is 1. The minimum Gasteiger partial charge on any atom is -0.389 e. The summed E-state index contributed by atoms with van der Waals surface area (Å²) >= 11 is 5.15. The summed E-state index contributed by atoms with van der Waals surface area (Å²) < 4.78 is 1.86. The zero-order valence-corrected chi connectivity index (χ0v) is 11.9. The van der Waals surface area contributed by atoms with E-state index in [1.807, 2.05) is 30.8 Å². The van der Waals surface area contributed by atoms with Gasteiger partial charge in [0.05, 0.1) is 16.9 Å². The number of nitrogens with zero attached hydrogens (tertiary/aromatic N) is 3. The number of pyridine rings is 1. The van der Waals surface area contributed by atoms with Crippen molar-refractivity contribution in [2.45, 2.75) is 32.6 Å². The molecule has 0 unspecified atom stereocenters. The first-order chi connectivity index (χ1) is 9.06. The van der Waals surface area contributed by atoms with Crippen molar-refractivity contribution < 1.29 is 0 Å². The molecule has 4 nitrogen and oxygen atoms in total. The minimum atomic E-state index is 0.364. The van der Waals surface area contributed by atoms with E-state index in [4.69, 9.17) is 18.0 Å². The van der Waals surface area contributed by atoms with Crippen LogP contribution in [0.4, 0.5) is 0 Å². The monoisotopic (exact) mass is 272 g/mol. The van der Waals surface area contributed by atoms with Gasteiger partial charge in [-0.2, -0.15) is 5.10 Å². The van der Waals surface area contributed by atoms with Gasteiger partial charge >= 0.3 is 0 Å². The highest BCUT2D eigenvalue weighted by Crippen LogP contribution is 2.39. The van der Waals surface area contributed by atoms with Crippen LogP contribution in [-0.4, -0.2) is 19.8 Å². The minimum absolute atomic E-state index is 0.364. The molecule has 1 fully saturated rings. The van der Waals surface area contributed by atoms with Gasteiger partial charge in [-0.3, -0.25) is 4.98 Å². The topological polar surface area (TPSA) is 56.7 Å². The average Bonchev–Trinajstić information content (AvgIpc) is 3.05. The molecule has 0 aromatic carbocycles. The number of rotatable bonds is 3. The standard InChI is InChI=1S/C14H16N4S/c1-8-7-12(13(14(15)19)9(2)16-8)18-6-5-11(17-18)10-3-4-10/h5-7,10H,3-4H2,1-2H3,(H2,15,19). The lowest BCUT2D eigenvalue weighted by Gasteiger charge is -2.12. The van der Waals surface area contributed by atoms with Crippen LogP contribution in [0.1, 0.15) is 41.4 Å². The van der Waals surface area contributed by atoms with Gasteiger partial charge in [0.2, 0.25) is 0 Å². The van der Waals surface area contributed by atoms with Crippen molar-refractivity contribution in [1.82, 2.24) is 14.8 Å². The van der Waals surface area contributed by atoms with Crippen LogP contribution >= 0.6 is 12.2 Å². The first-order valence-corrected chi connectivity index (χ1v) is 6.81. The van der Waals surface area contributed by atoms with Crippen LogP contribution in [0.25, 0.3) is 5.69 Å². The molecule has 98 valence electrons. The number of hydrogen-bond acceptors (Lipinski definition) is 3. The van der Waals surface area contributed by atoms with Crippen molar-refractivity contribution in [2.24, 2.45) is 5.73 Å². The molecule has 0 radical (unpaired) electrons. The molecule has 1 aliphatic carbocycles. The predicted molar refractivity (Wildman–Crippen MR) is 78.7 cm³/mol. The van der Waals surface area contributed by atoms with Crippen LogP contribution in [0.5, 0.6) is 0 Å². The second-order valence-electron chi connectivity index (χ2n) is 5.07. The first kappa shape index (κ1) is 12.3. The van der Waals surface area contributed by atoms with Crippen LogP contribution in [0.2, 0.25) is 0 Å². The quantitative estimate of drug-likeness (QED) is 0.872. The Labute approximate surface area is 117 Å². The molecule has 19 heavy (non-hydrogen) atoms. The fourth-order valence-electron chi connectivity index (χ4n) is 2.36. The van der Waals surface area contributed by atoms with E-state index >= 15 is 0 Å². The van der Waals surface area contributed by atoms with Crippen molar-refractivity contribution in [3.63, 3.8) is 0 Å². The van der Waals surface area contributed by atoms with Crippen LogP contribution in [-0.2, 0) is 0 Å². The Morgan fingerprint density at radius 2 is 2.16 bits per heavy atom.